The summed E-state index contributed by atoms with van der Waals surface area (Å²) in [5.41, 5.74) is 4.11. The Labute approximate surface area is 212 Å². The van der Waals surface area contributed by atoms with Crippen LogP contribution in [0, 0.1) is 5.92 Å². The summed E-state index contributed by atoms with van der Waals surface area (Å²) in [5, 5.41) is 24.4. The molecule has 1 saturated carbocycles. The van der Waals surface area contributed by atoms with Crippen molar-refractivity contribution >= 4 is 33.4 Å². The average molecular weight is 532 g/mol. The second-order valence-electron chi connectivity index (χ2n) is 9.05. The van der Waals surface area contributed by atoms with Gasteiger partial charge in [0.15, 0.2) is 11.4 Å². The maximum absolute atomic E-state index is 12.2. The van der Waals surface area contributed by atoms with Crippen LogP contribution in [-0.4, -0.2) is 30.6 Å². The molecule has 4 aromatic rings. The molecule has 2 N–H and O–H groups in total. The van der Waals surface area contributed by atoms with Crippen LogP contribution in [0.1, 0.15) is 49.3 Å². The fourth-order valence-corrected chi connectivity index (χ4v) is 4.94. The van der Waals surface area contributed by atoms with Gasteiger partial charge in [0.2, 0.25) is 0 Å². The molecular formula is C28H26BrN3O3. The van der Waals surface area contributed by atoms with Crippen LogP contribution in [0.4, 0.5) is 0 Å². The number of hydrogen-bond acceptors (Lipinski definition) is 5. The summed E-state index contributed by atoms with van der Waals surface area (Å²) < 4.78 is 2.72. The molecule has 0 bridgehead atoms. The third-order valence-electron chi connectivity index (χ3n) is 6.52. The van der Waals surface area contributed by atoms with Crippen LogP contribution >= 0.6 is 15.9 Å². The van der Waals surface area contributed by atoms with Gasteiger partial charge in [0, 0.05) is 17.9 Å². The lowest BCUT2D eigenvalue weighted by Crippen LogP contribution is -2.02. The quantitative estimate of drug-likeness (QED) is 0.189. The number of carbonyl (C=O) groups excluding carboxylic acids is 1. The number of rotatable bonds is 9. The number of benzene rings is 2. The molecule has 2 aromatic heterocycles. The summed E-state index contributed by atoms with van der Waals surface area (Å²) in [6, 6.07) is 16.1. The van der Waals surface area contributed by atoms with Crippen molar-refractivity contribution in [2.45, 2.75) is 38.0 Å². The highest BCUT2D eigenvalue weighted by Crippen LogP contribution is 2.51. The Morgan fingerprint density at radius 1 is 1.11 bits per heavy atom. The highest BCUT2D eigenvalue weighted by Gasteiger charge is 2.40. The van der Waals surface area contributed by atoms with Crippen molar-refractivity contribution in [3.8, 4) is 22.8 Å². The molecule has 7 heteroatoms. The molecule has 0 amide bonds. The van der Waals surface area contributed by atoms with Gasteiger partial charge in [0.05, 0.1) is 22.1 Å². The summed E-state index contributed by atoms with van der Waals surface area (Å²) in [6.45, 7) is 0. The van der Waals surface area contributed by atoms with Gasteiger partial charge in [-0.1, -0.05) is 36.8 Å². The molecule has 6 nitrogen and oxygen atoms in total. The first-order chi connectivity index (χ1) is 17.0. The zero-order valence-corrected chi connectivity index (χ0v) is 20.7. The second kappa shape index (κ2) is 10.0. The molecule has 2 heterocycles. The molecule has 2 unspecified atom stereocenters. The number of para-hydroxylation sites is 1. The van der Waals surface area contributed by atoms with E-state index in [1.54, 1.807) is 48.7 Å². The largest absolute Gasteiger partial charge is 0.508 e. The lowest BCUT2D eigenvalue weighted by atomic mass is 10.0. The smallest absolute Gasteiger partial charge is 0.170 e. The molecule has 178 valence electrons. The number of ketones is 1. The number of unbranched alkanes of at least 4 members (excludes halogenated alkanes) is 1. The molecule has 2 aromatic carbocycles. The Morgan fingerprint density at radius 2 is 1.97 bits per heavy atom. The molecule has 1 fully saturated rings. The van der Waals surface area contributed by atoms with Crippen LogP contribution < -0.4 is 0 Å². The molecule has 2 atom stereocenters. The van der Waals surface area contributed by atoms with Crippen molar-refractivity contribution in [3.63, 3.8) is 0 Å². The summed E-state index contributed by atoms with van der Waals surface area (Å²) in [4.78, 5) is 16.9. The third-order valence-corrected chi connectivity index (χ3v) is 7.08. The number of phenols is 2. The van der Waals surface area contributed by atoms with Gasteiger partial charge in [0.25, 0.3) is 0 Å². The van der Waals surface area contributed by atoms with E-state index in [0.29, 0.717) is 23.8 Å². The minimum atomic E-state index is 0.102. The lowest BCUT2D eigenvalue weighted by Gasteiger charge is -2.10. The fraction of sp³-hybridized carbons (Fsp3) is 0.250. The average Bonchev–Trinajstić information content (AvgIpc) is 3.53. The normalized spacial score (nSPS) is 17.3. The predicted molar refractivity (Wildman–Crippen MR) is 139 cm³/mol. The number of hydrogen-bond donors (Lipinski definition) is 2. The van der Waals surface area contributed by atoms with Gasteiger partial charge in [0.1, 0.15) is 11.5 Å². The Bertz CT molecular complexity index is 1410. The number of phenolic OH excluding ortho intramolecular Hbond substituents is 2. The van der Waals surface area contributed by atoms with E-state index in [4.69, 9.17) is 4.98 Å². The Morgan fingerprint density at radius 3 is 2.80 bits per heavy atom. The Balaban J connectivity index is 1.20. The van der Waals surface area contributed by atoms with E-state index in [2.05, 4.69) is 21.0 Å². The molecule has 1 aliphatic carbocycles. The van der Waals surface area contributed by atoms with Crippen LogP contribution in [0.3, 0.4) is 0 Å². The van der Waals surface area contributed by atoms with E-state index in [1.807, 2.05) is 28.8 Å². The minimum absolute atomic E-state index is 0.102. The van der Waals surface area contributed by atoms with Crippen molar-refractivity contribution in [3.05, 3.63) is 82.6 Å². The lowest BCUT2D eigenvalue weighted by molar-refractivity contribution is -0.114. The van der Waals surface area contributed by atoms with Crippen molar-refractivity contribution in [1.82, 2.24) is 14.6 Å². The molecule has 0 radical (unpaired) electrons. The van der Waals surface area contributed by atoms with Crippen molar-refractivity contribution in [1.29, 1.82) is 0 Å². The topological polar surface area (TPSA) is 87.7 Å². The maximum atomic E-state index is 12.2. The van der Waals surface area contributed by atoms with Crippen LogP contribution in [-0.2, 0) is 4.79 Å². The van der Waals surface area contributed by atoms with E-state index >= 15 is 0 Å². The summed E-state index contributed by atoms with van der Waals surface area (Å²) in [5.74, 6) is 1.45. The van der Waals surface area contributed by atoms with Crippen LogP contribution in [0.25, 0.3) is 23.0 Å². The van der Waals surface area contributed by atoms with Gasteiger partial charge in [-0.15, -0.1) is 0 Å². The summed E-state index contributed by atoms with van der Waals surface area (Å²) in [7, 11) is 0. The molecule has 1 aliphatic rings. The van der Waals surface area contributed by atoms with Crippen molar-refractivity contribution in [2.24, 2.45) is 5.92 Å². The van der Waals surface area contributed by atoms with Gasteiger partial charge >= 0.3 is 0 Å². The van der Waals surface area contributed by atoms with Gasteiger partial charge in [-0.25, -0.2) is 9.50 Å². The SMILES string of the molecule is O=C(/C=C/c1cccc(O)c1)CCCCC1CC1c1cc(-c2ccccc2O)nc2c(Br)cnn12. The molecule has 35 heavy (non-hydrogen) atoms. The second-order valence-corrected chi connectivity index (χ2v) is 9.91. The molecule has 0 aliphatic heterocycles. The number of halogens is 1. The zero-order chi connectivity index (χ0) is 24.4. The van der Waals surface area contributed by atoms with Gasteiger partial charge in [-0.3, -0.25) is 4.79 Å². The number of aromatic nitrogens is 3. The Hall–Kier alpha value is -3.45. The monoisotopic (exact) mass is 531 g/mol. The Kier molecular flexibility index (Phi) is 6.68. The van der Waals surface area contributed by atoms with Crippen LogP contribution in [0.2, 0.25) is 0 Å². The highest BCUT2D eigenvalue weighted by molar-refractivity contribution is 9.10. The first-order valence-corrected chi connectivity index (χ1v) is 12.6. The van der Waals surface area contributed by atoms with Crippen molar-refractivity contribution < 1.29 is 15.0 Å². The van der Waals surface area contributed by atoms with E-state index in [9.17, 15) is 15.0 Å². The zero-order valence-electron chi connectivity index (χ0n) is 19.1. The summed E-state index contributed by atoms with van der Waals surface area (Å²) in [6.07, 6.45) is 9.62. The van der Waals surface area contributed by atoms with E-state index in [1.165, 1.54) is 0 Å². The number of fused-ring (bicyclic) bond motifs is 1. The minimum Gasteiger partial charge on any atom is -0.508 e. The van der Waals surface area contributed by atoms with E-state index in [-0.39, 0.29) is 17.3 Å². The molecule has 0 saturated heterocycles. The predicted octanol–water partition coefficient (Wildman–Crippen LogP) is 6.52. The number of aromatic hydroxyl groups is 2. The third kappa shape index (κ3) is 5.30. The van der Waals surface area contributed by atoms with Gasteiger partial charge in [-0.05, 0) is 83.1 Å². The number of nitrogens with zero attached hydrogens (tertiary/aromatic N) is 3. The van der Waals surface area contributed by atoms with E-state index in [0.717, 1.165) is 52.8 Å². The summed E-state index contributed by atoms with van der Waals surface area (Å²) >= 11 is 3.55. The van der Waals surface area contributed by atoms with Gasteiger partial charge < -0.3 is 10.2 Å². The number of allylic oxidation sites excluding steroid dienone is 1. The van der Waals surface area contributed by atoms with E-state index < -0.39 is 0 Å². The molecular weight excluding hydrogens is 506 g/mol. The highest BCUT2D eigenvalue weighted by atomic mass is 79.9. The number of carbonyl (C=O) groups is 1. The van der Waals surface area contributed by atoms with Crippen LogP contribution in [0.15, 0.2) is 71.3 Å². The molecule has 5 rings (SSSR count). The molecule has 0 spiro atoms. The standard InChI is InChI=1S/C28H26BrN3O3/c29-24-17-30-32-26(16-25(31-28(24)32)22-10-3-4-11-27(22)35)23-15-19(23)7-1-2-8-20(33)13-12-18-6-5-9-21(34)14-18/h3-6,9-14,16-17,19,23,34-35H,1-2,7-8,15H2/b13-12+. The fourth-order valence-electron chi connectivity index (χ4n) is 4.59. The maximum Gasteiger partial charge on any atom is 0.170 e. The first kappa shape index (κ1) is 23.3. The van der Waals surface area contributed by atoms with Crippen LogP contribution in [0.5, 0.6) is 11.5 Å². The van der Waals surface area contributed by atoms with Crippen molar-refractivity contribution in [2.75, 3.05) is 0 Å². The van der Waals surface area contributed by atoms with Gasteiger partial charge in [-0.2, -0.15) is 5.10 Å². The first-order valence-electron chi connectivity index (χ1n) is 11.8.